The first-order valence-electron chi connectivity index (χ1n) is 7.40. The molecule has 2 aromatic rings. The zero-order valence-electron chi connectivity index (χ0n) is 12.8. The highest BCUT2D eigenvalue weighted by atomic mass is 16.1. The Bertz CT molecular complexity index is 677. The second-order valence-electron chi connectivity index (χ2n) is 5.71. The Morgan fingerprint density at radius 1 is 1.05 bits per heavy atom. The van der Waals surface area contributed by atoms with E-state index in [1.807, 2.05) is 73.6 Å². The van der Waals surface area contributed by atoms with Crippen molar-refractivity contribution in [2.45, 2.75) is 12.0 Å². The zero-order valence-corrected chi connectivity index (χ0v) is 12.8. The molecule has 0 fully saturated rings. The summed E-state index contributed by atoms with van der Waals surface area (Å²) < 4.78 is 0. The van der Waals surface area contributed by atoms with E-state index in [4.69, 9.17) is 0 Å². The van der Waals surface area contributed by atoms with Crippen LogP contribution in [0, 0.1) is 0 Å². The number of Topliss-reactive ketones (excluding diaryl/α,β-unsaturated/α-hetero) is 1. The average Bonchev–Trinajstić information content (AvgIpc) is 3.04. The smallest absolute Gasteiger partial charge is 0.189 e. The molecule has 1 aliphatic heterocycles. The molecule has 0 amide bonds. The van der Waals surface area contributed by atoms with Crippen LogP contribution in [-0.2, 0) is 0 Å². The van der Waals surface area contributed by atoms with Crippen molar-refractivity contribution in [3.63, 3.8) is 0 Å². The molecule has 0 radical (unpaired) electrons. The third kappa shape index (κ3) is 2.77. The van der Waals surface area contributed by atoms with Gasteiger partial charge in [0.05, 0.1) is 6.54 Å². The van der Waals surface area contributed by atoms with Crippen LogP contribution in [0.2, 0.25) is 0 Å². The molecule has 0 aromatic heterocycles. The van der Waals surface area contributed by atoms with E-state index in [0.29, 0.717) is 12.1 Å². The van der Waals surface area contributed by atoms with Crippen molar-refractivity contribution < 1.29 is 4.79 Å². The van der Waals surface area contributed by atoms with Crippen LogP contribution in [0.25, 0.3) is 0 Å². The quantitative estimate of drug-likeness (QED) is 0.809. The molecular weight excluding hydrogens is 274 g/mol. The van der Waals surface area contributed by atoms with E-state index < -0.39 is 6.04 Å². The molecule has 0 N–H and O–H groups in total. The fourth-order valence-corrected chi connectivity index (χ4v) is 2.72. The second-order valence-corrected chi connectivity index (χ2v) is 5.71. The van der Waals surface area contributed by atoms with Gasteiger partial charge in [-0.3, -0.25) is 4.79 Å². The molecule has 4 nitrogen and oxygen atoms in total. The molecule has 0 aliphatic carbocycles. The molecule has 0 spiro atoms. The Morgan fingerprint density at radius 3 is 2.36 bits per heavy atom. The third-order valence-corrected chi connectivity index (χ3v) is 4.03. The number of carbonyl (C=O) groups is 1. The summed E-state index contributed by atoms with van der Waals surface area (Å²) in [5.74, 6) is 0.0858. The number of nitrogens with zero attached hydrogens (tertiary/aromatic N) is 3. The van der Waals surface area contributed by atoms with Crippen molar-refractivity contribution in [3.8, 4) is 0 Å². The van der Waals surface area contributed by atoms with Crippen LogP contribution in [0.5, 0.6) is 0 Å². The minimum atomic E-state index is -0.410. The van der Waals surface area contributed by atoms with Crippen LogP contribution < -0.4 is 4.90 Å². The molecule has 3 rings (SSSR count). The number of rotatable bonds is 4. The van der Waals surface area contributed by atoms with Gasteiger partial charge in [-0.2, -0.15) is 10.2 Å². The number of carbonyl (C=O) groups excluding carboxylic acids is 1. The van der Waals surface area contributed by atoms with Crippen LogP contribution in [0.3, 0.4) is 0 Å². The molecule has 112 valence electrons. The Balaban J connectivity index is 1.83. The number of anilines is 1. The van der Waals surface area contributed by atoms with Gasteiger partial charge in [0.15, 0.2) is 5.78 Å². The van der Waals surface area contributed by atoms with Crippen LogP contribution >= 0.6 is 0 Å². The number of azo groups is 1. The lowest BCUT2D eigenvalue weighted by Gasteiger charge is -2.17. The van der Waals surface area contributed by atoms with Gasteiger partial charge in [0.25, 0.3) is 0 Å². The standard InChI is InChI=1S/C18H19N3O/c1-21(2)15-10-8-14(9-11-15)18(22)17-16(12-19-20-17)13-6-4-3-5-7-13/h3-11,16-17H,12H2,1-2H3/t16-,17+/m1/s1. The van der Waals surface area contributed by atoms with Gasteiger partial charge in [-0.05, 0) is 29.8 Å². The van der Waals surface area contributed by atoms with Gasteiger partial charge in [0.1, 0.15) is 6.04 Å². The molecule has 22 heavy (non-hydrogen) atoms. The summed E-state index contributed by atoms with van der Waals surface area (Å²) in [6, 6.07) is 17.3. The Morgan fingerprint density at radius 2 is 1.73 bits per heavy atom. The summed E-state index contributed by atoms with van der Waals surface area (Å²) in [7, 11) is 3.96. The number of ketones is 1. The first-order chi connectivity index (χ1) is 10.7. The largest absolute Gasteiger partial charge is 0.378 e. The molecule has 0 unspecified atom stereocenters. The Labute approximate surface area is 130 Å². The predicted molar refractivity (Wildman–Crippen MR) is 87.8 cm³/mol. The maximum absolute atomic E-state index is 12.7. The van der Waals surface area contributed by atoms with Crippen LogP contribution in [0.15, 0.2) is 64.8 Å². The lowest BCUT2D eigenvalue weighted by Crippen LogP contribution is -2.25. The van der Waals surface area contributed by atoms with Gasteiger partial charge in [0, 0.05) is 31.3 Å². The average molecular weight is 293 g/mol. The van der Waals surface area contributed by atoms with Gasteiger partial charge < -0.3 is 4.90 Å². The van der Waals surface area contributed by atoms with E-state index in [1.165, 1.54) is 0 Å². The van der Waals surface area contributed by atoms with Gasteiger partial charge in [-0.15, -0.1) is 0 Å². The first-order valence-corrected chi connectivity index (χ1v) is 7.40. The summed E-state index contributed by atoms with van der Waals surface area (Å²) in [5.41, 5.74) is 2.89. The van der Waals surface area contributed by atoms with Gasteiger partial charge in [0.2, 0.25) is 0 Å². The monoisotopic (exact) mass is 293 g/mol. The molecule has 0 bridgehead atoms. The summed E-state index contributed by atoms with van der Waals surface area (Å²) in [6.07, 6.45) is 0. The maximum Gasteiger partial charge on any atom is 0.189 e. The van der Waals surface area contributed by atoms with Gasteiger partial charge in [-0.25, -0.2) is 0 Å². The van der Waals surface area contributed by atoms with Crippen molar-refractivity contribution in [2.75, 3.05) is 25.5 Å². The fourth-order valence-electron chi connectivity index (χ4n) is 2.72. The number of hydrogen-bond acceptors (Lipinski definition) is 4. The SMILES string of the molecule is CN(C)c1ccc(C(=O)[C@H]2N=NC[C@@H]2c2ccccc2)cc1. The lowest BCUT2D eigenvalue weighted by atomic mass is 9.88. The minimum Gasteiger partial charge on any atom is -0.378 e. The van der Waals surface area contributed by atoms with E-state index in [0.717, 1.165) is 11.3 Å². The Hall–Kier alpha value is -2.49. The topological polar surface area (TPSA) is 45.0 Å². The summed E-state index contributed by atoms with van der Waals surface area (Å²) in [4.78, 5) is 14.8. The molecule has 4 heteroatoms. The van der Waals surface area contributed by atoms with E-state index >= 15 is 0 Å². The highest BCUT2D eigenvalue weighted by Crippen LogP contribution is 2.30. The van der Waals surface area contributed by atoms with E-state index in [-0.39, 0.29) is 11.7 Å². The lowest BCUT2D eigenvalue weighted by molar-refractivity contribution is 0.0956. The number of benzene rings is 2. The van der Waals surface area contributed by atoms with E-state index in [1.54, 1.807) is 0 Å². The Kier molecular flexibility index (Phi) is 4.00. The predicted octanol–water partition coefficient (Wildman–Crippen LogP) is 3.55. The second kappa shape index (κ2) is 6.10. The van der Waals surface area contributed by atoms with E-state index in [2.05, 4.69) is 10.2 Å². The molecule has 1 heterocycles. The maximum atomic E-state index is 12.7. The number of hydrogen-bond donors (Lipinski definition) is 0. The molecular formula is C18H19N3O. The van der Waals surface area contributed by atoms with Crippen LogP contribution in [-0.4, -0.2) is 32.5 Å². The molecule has 0 saturated heterocycles. The van der Waals surface area contributed by atoms with Gasteiger partial charge in [-0.1, -0.05) is 30.3 Å². The normalized spacial score (nSPS) is 20.1. The van der Waals surface area contributed by atoms with Gasteiger partial charge >= 0.3 is 0 Å². The van der Waals surface area contributed by atoms with Crippen molar-refractivity contribution in [2.24, 2.45) is 10.2 Å². The summed E-state index contributed by atoms with van der Waals surface area (Å²) in [6.45, 7) is 0.580. The van der Waals surface area contributed by atoms with Crippen LogP contribution in [0.1, 0.15) is 21.8 Å². The minimum absolute atomic E-state index is 0.0420. The van der Waals surface area contributed by atoms with Crippen molar-refractivity contribution in [1.82, 2.24) is 0 Å². The summed E-state index contributed by atoms with van der Waals surface area (Å²) >= 11 is 0. The highest BCUT2D eigenvalue weighted by Gasteiger charge is 2.33. The fraction of sp³-hybridized carbons (Fsp3) is 0.278. The molecule has 1 aliphatic rings. The summed E-state index contributed by atoms with van der Waals surface area (Å²) in [5, 5.41) is 8.30. The van der Waals surface area contributed by atoms with Crippen LogP contribution in [0.4, 0.5) is 5.69 Å². The van der Waals surface area contributed by atoms with Crippen molar-refractivity contribution in [1.29, 1.82) is 0 Å². The highest BCUT2D eigenvalue weighted by molar-refractivity contribution is 6.01. The van der Waals surface area contributed by atoms with E-state index in [9.17, 15) is 4.79 Å². The molecule has 0 saturated carbocycles. The molecule has 2 atom stereocenters. The first kappa shape index (κ1) is 14.4. The van der Waals surface area contributed by atoms with Crippen molar-refractivity contribution in [3.05, 3.63) is 65.7 Å². The third-order valence-electron chi connectivity index (χ3n) is 4.03. The molecule has 2 aromatic carbocycles. The van der Waals surface area contributed by atoms with Crippen molar-refractivity contribution >= 4 is 11.5 Å². The zero-order chi connectivity index (χ0) is 15.5.